The second kappa shape index (κ2) is 8.69. The first kappa shape index (κ1) is 16.6. The van der Waals surface area contributed by atoms with Crippen molar-refractivity contribution in [1.29, 1.82) is 0 Å². The highest BCUT2D eigenvalue weighted by Crippen LogP contribution is 2.38. The van der Waals surface area contributed by atoms with Crippen molar-refractivity contribution in [3.63, 3.8) is 0 Å². The lowest BCUT2D eigenvalue weighted by Gasteiger charge is -2.22. The molecule has 0 saturated heterocycles. The molecule has 2 N–H and O–H groups in total. The van der Waals surface area contributed by atoms with Gasteiger partial charge in [0, 0.05) is 27.6 Å². The zero-order valence-corrected chi connectivity index (χ0v) is 12.6. The zero-order valence-electron chi connectivity index (χ0n) is 11.0. The van der Waals surface area contributed by atoms with Crippen LogP contribution in [0.2, 0.25) is 0 Å². The van der Waals surface area contributed by atoms with Crippen LogP contribution < -0.4 is 10.6 Å². The first-order valence-corrected chi connectivity index (χ1v) is 8.01. The van der Waals surface area contributed by atoms with Crippen LogP contribution >= 0.6 is 21.6 Å². The van der Waals surface area contributed by atoms with Gasteiger partial charge in [-0.1, -0.05) is 21.6 Å². The van der Waals surface area contributed by atoms with Gasteiger partial charge in [0.05, 0.1) is 5.75 Å². The van der Waals surface area contributed by atoms with E-state index in [9.17, 15) is 9.59 Å². The average Bonchev–Trinajstić information content (AvgIpc) is 2.26. The first-order chi connectivity index (χ1) is 7.91. The predicted octanol–water partition coefficient (Wildman–Crippen LogP) is 2.30. The van der Waals surface area contributed by atoms with Crippen molar-refractivity contribution >= 4 is 33.4 Å². The quantitative estimate of drug-likeness (QED) is 0.671. The number of hydrogen-bond acceptors (Lipinski definition) is 4. The zero-order chi connectivity index (χ0) is 13.3. The van der Waals surface area contributed by atoms with E-state index in [0.717, 1.165) is 6.42 Å². The van der Waals surface area contributed by atoms with E-state index >= 15 is 0 Å². The Morgan fingerprint density at radius 1 is 1.29 bits per heavy atom. The average molecular weight is 282 g/mol. The van der Waals surface area contributed by atoms with Crippen LogP contribution in [0.15, 0.2) is 0 Å². The maximum Gasteiger partial charge on any atom is 0.230 e. The minimum absolute atomic E-state index is 0. The third kappa shape index (κ3) is 9.35. The summed E-state index contributed by atoms with van der Waals surface area (Å²) in [5.74, 6) is 0.575. The van der Waals surface area contributed by atoms with Gasteiger partial charge in [-0.15, -0.1) is 0 Å². The standard InChI is InChI=1S/C11H22N2O2S2.2H2/c1-5-13-9(14)6-7-11(2,3)17-16-8-10(15)12-4;;/h5-8H2,1-4H3,(H,12,15)(H,13,14);2*1H. The van der Waals surface area contributed by atoms with Crippen molar-refractivity contribution in [2.24, 2.45) is 0 Å². The molecule has 0 unspecified atom stereocenters. The second-order valence-corrected chi connectivity index (χ2v) is 7.24. The summed E-state index contributed by atoms with van der Waals surface area (Å²) in [7, 11) is 4.82. The molecule has 0 aromatic heterocycles. The van der Waals surface area contributed by atoms with Crippen molar-refractivity contribution in [2.45, 2.75) is 38.4 Å². The summed E-state index contributed by atoms with van der Waals surface area (Å²) in [5.41, 5.74) is 0. The van der Waals surface area contributed by atoms with E-state index in [2.05, 4.69) is 24.5 Å². The van der Waals surface area contributed by atoms with E-state index in [1.54, 1.807) is 17.8 Å². The summed E-state index contributed by atoms with van der Waals surface area (Å²) in [6.07, 6.45) is 1.35. The molecule has 0 heterocycles. The van der Waals surface area contributed by atoms with Crippen LogP contribution in [0.1, 0.15) is 36.5 Å². The molecule has 0 aliphatic rings. The van der Waals surface area contributed by atoms with Crippen LogP contribution in [0.5, 0.6) is 0 Å². The molecule has 0 aliphatic heterocycles. The van der Waals surface area contributed by atoms with Gasteiger partial charge in [0.2, 0.25) is 11.8 Å². The fraction of sp³-hybridized carbons (Fsp3) is 0.818. The van der Waals surface area contributed by atoms with E-state index in [1.165, 1.54) is 10.8 Å². The highest BCUT2D eigenvalue weighted by Gasteiger charge is 2.20. The van der Waals surface area contributed by atoms with E-state index < -0.39 is 0 Å². The minimum atomic E-state index is 0. The van der Waals surface area contributed by atoms with Crippen molar-refractivity contribution in [3.05, 3.63) is 0 Å². The molecule has 0 saturated carbocycles. The highest BCUT2D eigenvalue weighted by molar-refractivity contribution is 8.77. The Morgan fingerprint density at radius 3 is 2.47 bits per heavy atom. The van der Waals surface area contributed by atoms with Crippen LogP contribution in [0.25, 0.3) is 0 Å². The number of nitrogens with one attached hydrogen (secondary N) is 2. The molecular weight excluding hydrogens is 256 g/mol. The number of carbonyl (C=O) groups excluding carboxylic acids is 2. The van der Waals surface area contributed by atoms with Crippen molar-refractivity contribution in [1.82, 2.24) is 10.6 Å². The smallest absolute Gasteiger partial charge is 0.230 e. The SMILES string of the molecule is CCNC(=O)CCC(C)(C)SSCC(=O)NC.[HH].[HH]. The third-order valence-electron chi connectivity index (χ3n) is 2.08. The second-order valence-electron chi connectivity index (χ2n) is 4.23. The third-order valence-corrected chi connectivity index (χ3v) is 5.30. The lowest BCUT2D eigenvalue weighted by atomic mass is 10.1. The predicted molar refractivity (Wildman–Crippen MR) is 80.3 cm³/mol. The highest BCUT2D eigenvalue weighted by atomic mass is 33.1. The molecule has 0 aromatic rings. The van der Waals surface area contributed by atoms with Crippen LogP contribution in [0.4, 0.5) is 0 Å². The molecule has 4 nitrogen and oxygen atoms in total. The molecule has 0 radical (unpaired) electrons. The summed E-state index contributed by atoms with van der Waals surface area (Å²) in [5, 5.41) is 5.36. The first-order valence-electron chi connectivity index (χ1n) is 5.69. The largest absolute Gasteiger partial charge is 0.358 e. The van der Waals surface area contributed by atoms with E-state index in [0.29, 0.717) is 18.7 Å². The van der Waals surface area contributed by atoms with Crippen molar-refractivity contribution in [2.75, 3.05) is 19.3 Å². The normalized spacial score (nSPS) is 11.1. The van der Waals surface area contributed by atoms with Gasteiger partial charge in [-0.25, -0.2) is 0 Å². The van der Waals surface area contributed by atoms with Crippen LogP contribution in [0.3, 0.4) is 0 Å². The molecule has 6 heteroatoms. The van der Waals surface area contributed by atoms with Gasteiger partial charge in [0.15, 0.2) is 0 Å². The lowest BCUT2D eigenvalue weighted by Crippen LogP contribution is -2.25. The van der Waals surface area contributed by atoms with Crippen LogP contribution in [-0.2, 0) is 9.59 Å². The maximum absolute atomic E-state index is 11.3. The minimum Gasteiger partial charge on any atom is -0.358 e. The Bertz CT molecular complexity index is 267. The molecule has 0 atom stereocenters. The van der Waals surface area contributed by atoms with E-state index in [-0.39, 0.29) is 19.4 Å². The van der Waals surface area contributed by atoms with Crippen LogP contribution in [-0.4, -0.2) is 35.9 Å². The van der Waals surface area contributed by atoms with E-state index in [4.69, 9.17) is 0 Å². The topological polar surface area (TPSA) is 58.2 Å². The van der Waals surface area contributed by atoms with Gasteiger partial charge < -0.3 is 10.6 Å². The summed E-state index contributed by atoms with van der Waals surface area (Å²) < 4.78 is 0.00374. The molecule has 0 bridgehead atoms. The van der Waals surface area contributed by atoms with Crippen molar-refractivity contribution in [3.8, 4) is 0 Å². The number of amides is 2. The fourth-order valence-electron chi connectivity index (χ4n) is 1.06. The summed E-state index contributed by atoms with van der Waals surface area (Å²) in [6.45, 7) is 6.77. The van der Waals surface area contributed by atoms with Gasteiger partial charge >= 0.3 is 0 Å². The van der Waals surface area contributed by atoms with Gasteiger partial charge in [0.25, 0.3) is 0 Å². The number of hydrogen-bond donors (Lipinski definition) is 2. The molecule has 0 spiro atoms. The Hall–Kier alpha value is -0.360. The van der Waals surface area contributed by atoms with Gasteiger partial charge in [0.1, 0.15) is 0 Å². The molecule has 17 heavy (non-hydrogen) atoms. The van der Waals surface area contributed by atoms with Gasteiger partial charge in [-0.05, 0) is 27.2 Å². The Balaban J connectivity index is -0.00000128. The number of rotatable bonds is 8. The molecule has 2 amide bonds. The Labute approximate surface area is 114 Å². The molecule has 0 aliphatic carbocycles. The summed E-state index contributed by atoms with van der Waals surface area (Å²) in [6, 6.07) is 0. The lowest BCUT2D eigenvalue weighted by molar-refractivity contribution is -0.121. The van der Waals surface area contributed by atoms with Crippen LogP contribution in [0, 0.1) is 0 Å². The van der Waals surface area contributed by atoms with Gasteiger partial charge in [-0.3, -0.25) is 9.59 Å². The Morgan fingerprint density at radius 2 is 1.94 bits per heavy atom. The molecule has 0 aromatic carbocycles. The van der Waals surface area contributed by atoms with E-state index in [1.807, 2.05) is 6.92 Å². The summed E-state index contributed by atoms with van der Waals surface area (Å²) in [4.78, 5) is 22.4. The van der Waals surface area contributed by atoms with Gasteiger partial charge in [-0.2, -0.15) is 0 Å². The monoisotopic (exact) mass is 282 g/mol. The molecule has 104 valence electrons. The molecular formula is C11H26N2O2S2. The molecule has 0 rings (SSSR count). The van der Waals surface area contributed by atoms with Crippen molar-refractivity contribution < 1.29 is 12.4 Å². The maximum atomic E-state index is 11.3. The summed E-state index contributed by atoms with van der Waals surface area (Å²) >= 11 is 0. The fourth-order valence-corrected chi connectivity index (χ4v) is 3.58. The Kier molecular flexibility index (Phi) is 8.51. The molecule has 0 fully saturated rings. The number of carbonyl (C=O) groups is 2.